The van der Waals surface area contributed by atoms with Crippen molar-refractivity contribution in [1.29, 1.82) is 0 Å². The molecule has 0 bridgehead atoms. The van der Waals surface area contributed by atoms with Crippen LogP contribution in [0.1, 0.15) is 70.5 Å². The average molecular weight is 714 g/mol. The molecule has 2 unspecified atom stereocenters. The summed E-state index contributed by atoms with van der Waals surface area (Å²) in [6.45, 7) is 4.34. The quantitative estimate of drug-likeness (QED) is 0.0612. The van der Waals surface area contributed by atoms with E-state index in [9.17, 15) is 24.1 Å². The molecule has 11 heteroatoms. The third-order valence-corrected chi connectivity index (χ3v) is 10.6. The summed E-state index contributed by atoms with van der Waals surface area (Å²) in [7, 11) is -3.45. The van der Waals surface area contributed by atoms with Gasteiger partial charge >= 0.3 is 7.37 Å². The van der Waals surface area contributed by atoms with E-state index in [0.29, 0.717) is 60.0 Å². The number of hydrogen-bond donors (Lipinski definition) is 4. The first kappa shape index (κ1) is 38.9. The van der Waals surface area contributed by atoms with Gasteiger partial charge in [-0.3, -0.25) is 18.9 Å². The Morgan fingerprint density at radius 1 is 0.745 bits per heavy atom. The highest BCUT2D eigenvalue weighted by Gasteiger charge is 2.30. The average Bonchev–Trinajstić information content (AvgIpc) is 3.15. The summed E-state index contributed by atoms with van der Waals surface area (Å²) in [6.07, 6.45) is 3.16. The van der Waals surface area contributed by atoms with E-state index < -0.39 is 19.5 Å². The molecule has 3 amide bonds. The van der Waals surface area contributed by atoms with Gasteiger partial charge in [-0.05, 0) is 98.8 Å². The van der Waals surface area contributed by atoms with E-state index in [-0.39, 0.29) is 30.7 Å². The molecular formula is C40H48N3O7P. The van der Waals surface area contributed by atoms with Crippen molar-refractivity contribution >= 4 is 41.4 Å². The monoisotopic (exact) mass is 713 g/mol. The van der Waals surface area contributed by atoms with Crippen molar-refractivity contribution in [2.75, 3.05) is 18.5 Å². The van der Waals surface area contributed by atoms with Crippen LogP contribution in [0.4, 0.5) is 5.69 Å². The van der Waals surface area contributed by atoms with E-state index in [4.69, 9.17) is 9.26 Å². The molecule has 0 radical (unpaired) electrons. The molecular weight excluding hydrogens is 665 g/mol. The minimum absolute atomic E-state index is 0.144. The van der Waals surface area contributed by atoms with E-state index in [2.05, 4.69) is 16.0 Å². The fourth-order valence-electron chi connectivity index (χ4n) is 5.25. The van der Waals surface area contributed by atoms with Gasteiger partial charge in [0.1, 0.15) is 17.5 Å². The van der Waals surface area contributed by atoms with Crippen LogP contribution >= 0.6 is 7.37 Å². The van der Waals surface area contributed by atoms with Crippen molar-refractivity contribution in [2.24, 2.45) is 0 Å². The van der Waals surface area contributed by atoms with Gasteiger partial charge in [-0.25, -0.2) is 0 Å². The SMILES string of the molecule is CCCCC(=O)NC(CCCCNC(=O)CCOc1ccc(C(C)O)cc1)C(=O)Nc1ccc(OP(=O)(c2ccccc2)c2ccccc2)cc1. The lowest BCUT2D eigenvalue weighted by molar-refractivity contribution is -0.126. The lowest BCUT2D eigenvalue weighted by Gasteiger charge is -2.21. The molecule has 0 aliphatic heterocycles. The van der Waals surface area contributed by atoms with Crippen LogP contribution in [0.25, 0.3) is 0 Å². The van der Waals surface area contributed by atoms with Crippen LogP contribution in [0.3, 0.4) is 0 Å². The van der Waals surface area contributed by atoms with Crippen molar-refractivity contribution < 1.29 is 33.3 Å². The van der Waals surface area contributed by atoms with Gasteiger partial charge in [0.25, 0.3) is 0 Å². The summed E-state index contributed by atoms with van der Waals surface area (Å²) in [5.74, 6) is 0.323. The number of benzene rings is 4. The molecule has 0 fully saturated rings. The second kappa shape index (κ2) is 20.1. The maximum Gasteiger partial charge on any atom is 0.306 e. The van der Waals surface area contributed by atoms with Gasteiger partial charge in [-0.15, -0.1) is 0 Å². The summed E-state index contributed by atoms with van der Waals surface area (Å²) < 4.78 is 26.0. The molecule has 0 aromatic heterocycles. The van der Waals surface area contributed by atoms with Crippen molar-refractivity contribution in [3.8, 4) is 11.5 Å². The van der Waals surface area contributed by atoms with Gasteiger partial charge in [0.2, 0.25) is 17.7 Å². The van der Waals surface area contributed by atoms with Crippen LogP contribution in [0.5, 0.6) is 11.5 Å². The zero-order chi connectivity index (χ0) is 36.5. The summed E-state index contributed by atoms with van der Waals surface area (Å²) >= 11 is 0. The number of carbonyl (C=O) groups is 3. The molecule has 0 heterocycles. The standard InChI is InChI=1S/C40H48N3O7P/c1-3-4-18-39(46)43-37(17-11-12-28-41-38(45)27-29-49-33-23-19-31(20-24-33)30(2)44)40(47)42-32-21-25-34(26-22-32)50-51(48,35-13-7-5-8-14-35)36-15-9-6-10-16-36/h5-10,13-16,19-26,30,37,44H,3-4,11-12,17-18,27-29H2,1-2H3,(H,41,45)(H,42,47)(H,43,46). The first-order chi connectivity index (χ1) is 24.7. The van der Waals surface area contributed by atoms with Crippen LogP contribution in [0.15, 0.2) is 109 Å². The van der Waals surface area contributed by atoms with Gasteiger partial charge in [0.15, 0.2) is 0 Å². The molecule has 10 nitrogen and oxygen atoms in total. The molecule has 51 heavy (non-hydrogen) atoms. The number of unbranched alkanes of at least 4 members (excludes halogenated alkanes) is 2. The minimum atomic E-state index is -3.45. The van der Waals surface area contributed by atoms with E-state index in [1.807, 2.05) is 43.3 Å². The molecule has 2 atom stereocenters. The van der Waals surface area contributed by atoms with Crippen LogP contribution in [0.2, 0.25) is 0 Å². The fraction of sp³-hybridized carbons (Fsp3) is 0.325. The number of ether oxygens (including phenoxy) is 1. The molecule has 270 valence electrons. The summed E-state index contributed by atoms with van der Waals surface area (Å²) in [4.78, 5) is 38.3. The van der Waals surface area contributed by atoms with Crippen molar-refractivity contribution in [2.45, 2.75) is 70.9 Å². The highest BCUT2D eigenvalue weighted by molar-refractivity contribution is 7.74. The molecule has 0 aliphatic rings. The zero-order valence-electron chi connectivity index (χ0n) is 29.3. The predicted molar refractivity (Wildman–Crippen MR) is 201 cm³/mol. The van der Waals surface area contributed by atoms with Crippen LogP contribution in [-0.4, -0.2) is 42.0 Å². The van der Waals surface area contributed by atoms with E-state index in [0.717, 1.165) is 18.4 Å². The number of nitrogens with one attached hydrogen (secondary N) is 3. The van der Waals surface area contributed by atoms with Crippen molar-refractivity contribution in [3.63, 3.8) is 0 Å². The first-order valence-corrected chi connectivity index (χ1v) is 19.1. The summed E-state index contributed by atoms with van der Waals surface area (Å²) in [5, 5.41) is 19.4. The molecule has 0 spiro atoms. The topological polar surface area (TPSA) is 143 Å². The molecule has 4 aromatic carbocycles. The van der Waals surface area contributed by atoms with E-state index in [1.54, 1.807) is 79.7 Å². The molecule has 0 saturated carbocycles. The largest absolute Gasteiger partial charge is 0.493 e. The van der Waals surface area contributed by atoms with Crippen molar-refractivity contribution in [3.05, 3.63) is 115 Å². The Bertz CT molecular complexity index is 1670. The fourth-order valence-corrected chi connectivity index (χ4v) is 7.30. The lowest BCUT2D eigenvalue weighted by atomic mass is 10.1. The second-order valence-electron chi connectivity index (χ2n) is 12.2. The van der Waals surface area contributed by atoms with Crippen LogP contribution in [-0.2, 0) is 18.9 Å². The van der Waals surface area contributed by atoms with Gasteiger partial charge in [-0.2, -0.15) is 0 Å². The smallest absolute Gasteiger partial charge is 0.306 e. The molecule has 0 aliphatic carbocycles. The Kier molecular flexibility index (Phi) is 15.3. The highest BCUT2D eigenvalue weighted by atomic mass is 31.2. The van der Waals surface area contributed by atoms with Crippen LogP contribution in [0, 0.1) is 0 Å². The second-order valence-corrected chi connectivity index (χ2v) is 14.6. The van der Waals surface area contributed by atoms with Crippen LogP contribution < -0.4 is 35.8 Å². The third kappa shape index (κ3) is 12.4. The van der Waals surface area contributed by atoms with Gasteiger partial charge in [-0.1, -0.05) is 61.9 Å². The van der Waals surface area contributed by atoms with Crippen molar-refractivity contribution in [1.82, 2.24) is 10.6 Å². The van der Waals surface area contributed by atoms with Gasteiger partial charge in [0, 0.05) is 18.7 Å². The Balaban J connectivity index is 1.28. The maximum atomic E-state index is 14.3. The van der Waals surface area contributed by atoms with E-state index >= 15 is 0 Å². The molecule has 4 aromatic rings. The Morgan fingerprint density at radius 2 is 1.35 bits per heavy atom. The maximum absolute atomic E-state index is 14.3. The number of hydrogen-bond acceptors (Lipinski definition) is 7. The number of carbonyl (C=O) groups excluding carboxylic acids is 3. The van der Waals surface area contributed by atoms with Gasteiger partial charge < -0.3 is 30.3 Å². The normalized spacial score (nSPS) is 12.3. The Labute approximate surface area is 300 Å². The number of aliphatic hydroxyl groups is 1. The first-order valence-electron chi connectivity index (χ1n) is 17.5. The number of rotatable bonds is 20. The number of amides is 3. The van der Waals surface area contributed by atoms with E-state index in [1.165, 1.54) is 0 Å². The molecule has 4 N–H and O–H groups in total. The summed E-state index contributed by atoms with van der Waals surface area (Å²) in [6, 6.07) is 31.1. The lowest BCUT2D eigenvalue weighted by Crippen LogP contribution is -2.43. The highest BCUT2D eigenvalue weighted by Crippen LogP contribution is 2.45. The summed E-state index contributed by atoms with van der Waals surface area (Å²) in [5.41, 5.74) is 1.29. The number of aliphatic hydroxyl groups excluding tert-OH is 1. The predicted octanol–water partition coefficient (Wildman–Crippen LogP) is 6.42. The minimum Gasteiger partial charge on any atom is -0.493 e. The number of anilines is 1. The Hall–Kier alpha value is -4.92. The Morgan fingerprint density at radius 3 is 1.94 bits per heavy atom. The third-order valence-electron chi connectivity index (χ3n) is 8.16. The molecule has 4 rings (SSSR count). The zero-order valence-corrected chi connectivity index (χ0v) is 30.1. The molecule has 0 saturated heterocycles. The van der Waals surface area contributed by atoms with Gasteiger partial charge in [0.05, 0.1) is 29.7 Å².